The fraction of sp³-hybridized carbons (Fsp3) is 0.292. The standard InChI is InChI=1S/C24H26N4O/c1-15-23-21(27-24(25)26-15)12-18(13-22(23)29)20-10-5-4-9-19(20)17-8-6-7-16(11-17)14-28(2)3/h4-11,18H,12-14H2,1-3H3,(H2,25,26,27). The predicted octanol–water partition coefficient (Wildman–Crippen LogP) is 4.01. The van der Waals surface area contributed by atoms with E-state index in [9.17, 15) is 4.79 Å². The number of Topliss-reactive ketones (excluding diaryl/α,β-unsaturated/α-hetero) is 1. The highest BCUT2D eigenvalue weighted by Gasteiger charge is 2.30. The van der Waals surface area contributed by atoms with E-state index in [0.29, 0.717) is 24.1 Å². The van der Waals surface area contributed by atoms with Gasteiger partial charge in [0.1, 0.15) is 0 Å². The molecule has 2 N–H and O–H groups in total. The molecule has 0 radical (unpaired) electrons. The van der Waals surface area contributed by atoms with Crippen LogP contribution in [-0.4, -0.2) is 34.7 Å². The van der Waals surface area contributed by atoms with Gasteiger partial charge in [-0.15, -0.1) is 0 Å². The number of nitrogens with zero attached hydrogens (tertiary/aromatic N) is 3. The van der Waals surface area contributed by atoms with Gasteiger partial charge in [-0.2, -0.15) is 0 Å². The number of benzene rings is 2. The van der Waals surface area contributed by atoms with Crippen LogP contribution in [0.2, 0.25) is 0 Å². The molecule has 0 saturated heterocycles. The molecule has 0 amide bonds. The second-order valence-electron chi connectivity index (χ2n) is 8.04. The molecule has 5 heteroatoms. The summed E-state index contributed by atoms with van der Waals surface area (Å²) in [5.74, 6) is 0.418. The number of hydrogen-bond donors (Lipinski definition) is 1. The van der Waals surface area contributed by atoms with Crippen LogP contribution >= 0.6 is 0 Å². The molecule has 4 rings (SSSR count). The van der Waals surface area contributed by atoms with Gasteiger partial charge in [0, 0.05) is 13.0 Å². The molecule has 1 aromatic heterocycles. The summed E-state index contributed by atoms with van der Waals surface area (Å²) >= 11 is 0. The molecule has 148 valence electrons. The Bertz CT molecular complexity index is 1070. The minimum absolute atomic E-state index is 0.0809. The molecular weight excluding hydrogens is 360 g/mol. The Kier molecular flexibility index (Phi) is 5.16. The third kappa shape index (κ3) is 3.91. The Morgan fingerprint density at radius 1 is 1.07 bits per heavy atom. The van der Waals surface area contributed by atoms with E-state index in [2.05, 4.69) is 71.4 Å². The summed E-state index contributed by atoms with van der Waals surface area (Å²) in [4.78, 5) is 23.6. The molecular formula is C24H26N4O. The molecule has 0 spiro atoms. The summed E-state index contributed by atoms with van der Waals surface area (Å²) in [5, 5.41) is 0. The van der Waals surface area contributed by atoms with Gasteiger partial charge in [0.15, 0.2) is 5.78 Å². The van der Waals surface area contributed by atoms with Gasteiger partial charge in [-0.1, -0.05) is 42.5 Å². The molecule has 0 saturated carbocycles. The number of carbonyl (C=O) groups is 1. The smallest absolute Gasteiger partial charge is 0.220 e. The van der Waals surface area contributed by atoms with Crippen molar-refractivity contribution < 1.29 is 4.79 Å². The van der Waals surface area contributed by atoms with Crippen molar-refractivity contribution in [3.63, 3.8) is 0 Å². The summed E-state index contributed by atoms with van der Waals surface area (Å²) in [7, 11) is 4.14. The number of nitrogens with two attached hydrogens (primary N) is 1. The highest BCUT2D eigenvalue weighted by Crippen LogP contribution is 2.38. The second-order valence-corrected chi connectivity index (χ2v) is 8.04. The quantitative estimate of drug-likeness (QED) is 0.733. The Hall–Kier alpha value is -3.05. The first-order valence-electron chi connectivity index (χ1n) is 9.91. The van der Waals surface area contributed by atoms with E-state index in [1.165, 1.54) is 22.3 Å². The molecule has 1 heterocycles. The third-order valence-electron chi connectivity index (χ3n) is 5.47. The van der Waals surface area contributed by atoms with Gasteiger partial charge in [0.05, 0.1) is 17.0 Å². The summed E-state index contributed by atoms with van der Waals surface area (Å²) in [6.45, 7) is 2.72. The minimum Gasteiger partial charge on any atom is -0.368 e. The van der Waals surface area contributed by atoms with Crippen molar-refractivity contribution in [2.45, 2.75) is 32.2 Å². The number of fused-ring (bicyclic) bond motifs is 1. The third-order valence-corrected chi connectivity index (χ3v) is 5.47. The van der Waals surface area contributed by atoms with Gasteiger partial charge in [0.2, 0.25) is 5.95 Å². The average Bonchev–Trinajstić information content (AvgIpc) is 2.66. The van der Waals surface area contributed by atoms with Gasteiger partial charge in [-0.25, -0.2) is 9.97 Å². The zero-order valence-corrected chi connectivity index (χ0v) is 17.1. The summed E-state index contributed by atoms with van der Waals surface area (Å²) < 4.78 is 0. The molecule has 1 atom stereocenters. The maximum atomic E-state index is 12.9. The lowest BCUT2D eigenvalue weighted by molar-refractivity contribution is 0.0962. The molecule has 5 nitrogen and oxygen atoms in total. The summed E-state index contributed by atoms with van der Waals surface area (Å²) in [5.41, 5.74) is 12.8. The second kappa shape index (κ2) is 7.76. The Labute approximate surface area is 171 Å². The number of rotatable bonds is 4. The van der Waals surface area contributed by atoms with Crippen LogP contribution in [-0.2, 0) is 13.0 Å². The van der Waals surface area contributed by atoms with Crippen LogP contribution in [0.5, 0.6) is 0 Å². The molecule has 1 aliphatic rings. The van der Waals surface area contributed by atoms with Crippen molar-refractivity contribution in [3.8, 4) is 11.1 Å². The van der Waals surface area contributed by atoms with Crippen molar-refractivity contribution in [2.75, 3.05) is 19.8 Å². The van der Waals surface area contributed by atoms with Crippen molar-refractivity contribution in [3.05, 3.63) is 76.6 Å². The van der Waals surface area contributed by atoms with Crippen molar-refractivity contribution in [2.24, 2.45) is 0 Å². The molecule has 0 bridgehead atoms. The van der Waals surface area contributed by atoms with Crippen molar-refractivity contribution in [1.29, 1.82) is 0 Å². The molecule has 29 heavy (non-hydrogen) atoms. The fourth-order valence-corrected chi connectivity index (χ4v) is 4.34. The molecule has 2 aromatic carbocycles. The molecule has 1 unspecified atom stereocenters. The first-order chi connectivity index (χ1) is 13.9. The number of anilines is 1. The maximum Gasteiger partial charge on any atom is 0.220 e. The van der Waals surface area contributed by atoms with Crippen LogP contribution in [0.4, 0.5) is 5.95 Å². The highest BCUT2D eigenvalue weighted by atomic mass is 16.1. The van der Waals surface area contributed by atoms with E-state index in [4.69, 9.17) is 5.73 Å². The van der Waals surface area contributed by atoms with Crippen molar-refractivity contribution in [1.82, 2.24) is 14.9 Å². The number of nitrogen functional groups attached to an aromatic ring is 1. The van der Waals surface area contributed by atoms with Crippen molar-refractivity contribution >= 4 is 11.7 Å². The number of ketones is 1. The SMILES string of the molecule is Cc1nc(N)nc2c1C(=O)CC(c1ccccc1-c1cccc(CN(C)C)c1)C2. The van der Waals surface area contributed by atoms with Crippen LogP contribution < -0.4 is 5.73 Å². The van der Waals surface area contributed by atoms with E-state index < -0.39 is 0 Å². The Morgan fingerprint density at radius 2 is 1.86 bits per heavy atom. The lowest BCUT2D eigenvalue weighted by Crippen LogP contribution is -2.23. The van der Waals surface area contributed by atoms with Crippen LogP contribution in [0.3, 0.4) is 0 Å². The van der Waals surface area contributed by atoms with Crippen LogP contribution in [0.25, 0.3) is 11.1 Å². The minimum atomic E-state index is 0.0809. The monoisotopic (exact) mass is 386 g/mol. The van der Waals surface area contributed by atoms with Gasteiger partial charge in [-0.05, 0) is 61.7 Å². The first kappa shape index (κ1) is 19.3. The zero-order valence-electron chi connectivity index (χ0n) is 17.1. The van der Waals surface area contributed by atoms with Gasteiger partial charge < -0.3 is 10.6 Å². The normalized spacial score (nSPS) is 16.1. The average molecular weight is 386 g/mol. The van der Waals surface area contributed by atoms with Crippen LogP contribution in [0.1, 0.15) is 45.2 Å². The first-order valence-corrected chi connectivity index (χ1v) is 9.91. The topological polar surface area (TPSA) is 72.1 Å². The lowest BCUT2D eigenvalue weighted by atomic mass is 9.78. The Morgan fingerprint density at radius 3 is 2.66 bits per heavy atom. The number of carbonyl (C=O) groups excluding carboxylic acids is 1. The fourth-order valence-electron chi connectivity index (χ4n) is 4.34. The van der Waals surface area contributed by atoms with E-state index in [-0.39, 0.29) is 17.6 Å². The summed E-state index contributed by atoms with van der Waals surface area (Å²) in [6, 6.07) is 17.0. The van der Waals surface area contributed by atoms with E-state index in [1.807, 2.05) is 13.0 Å². The highest BCUT2D eigenvalue weighted by molar-refractivity contribution is 6.00. The van der Waals surface area contributed by atoms with E-state index in [1.54, 1.807) is 0 Å². The number of hydrogen-bond acceptors (Lipinski definition) is 5. The van der Waals surface area contributed by atoms with Gasteiger partial charge >= 0.3 is 0 Å². The lowest BCUT2D eigenvalue weighted by Gasteiger charge is -2.26. The van der Waals surface area contributed by atoms with Gasteiger partial charge in [0.25, 0.3) is 0 Å². The maximum absolute atomic E-state index is 12.9. The molecule has 0 aliphatic heterocycles. The van der Waals surface area contributed by atoms with Gasteiger partial charge in [-0.3, -0.25) is 4.79 Å². The Balaban J connectivity index is 1.74. The summed E-state index contributed by atoms with van der Waals surface area (Å²) in [6.07, 6.45) is 1.17. The largest absolute Gasteiger partial charge is 0.368 e. The predicted molar refractivity (Wildman–Crippen MR) is 116 cm³/mol. The van der Waals surface area contributed by atoms with Crippen LogP contribution in [0.15, 0.2) is 48.5 Å². The molecule has 3 aromatic rings. The zero-order chi connectivity index (χ0) is 20.5. The molecule has 1 aliphatic carbocycles. The number of aromatic nitrogens is 2. The van der Waals surface area contributed by atoms with Crippen LogP contribution in [0, 0.1) is 6.92 Å². The molecule has 0 fully saturated rings. The number of aryl methyl sites for hydroxylation is 1. The van der Waals surface area contributed by atoms with E-state index >= 15 is 0 Å². The van der Waals surface area contributed by atoms with E-state index in [0.717, 1.165) is 12.2 Å².